The molecule has 26 heavy (non-hydrogen) atoms. The molecular formula is C19H27ClN4O2. The van der Waals surface area contributed by atoms with Crippen molar-refractivity contribution < 1.29 is 9.59 Å². The number of piperidine rings is 1. The van der Waals surface area contributed by atoms with E-state index in [0.717, 1.165) is 49.7 Å². The van der Waals surface area contributed by atoms with Crippen LogP contribution >= 0.6 is 11.6 Å². The standard InChI is InChI=1S/C19H27ClN4O2/c1-21(2)19(26)24-8-6-15(7-9-24)18(25)23-12-10-22(11-13-23)17-5-3-4-16(20)14-17/h3-5,14-15H,6-13H2,1-2H3. The summed E-state index contributed by atoms with van der Waals surface area (Å²) in [6.45, 7) is 4.45. The van der Waals surface area contributed by atoms with Gasteiger partial charge < -0.3 is 19.6 Å². The van der Waals surface area contributed by atoms with Crippen LogP contribution in [0, 0.1) is 5.92 Å². The molecule has 0 unspecified atom stereocenters. The van der Waals surface area contributed by atoms with E-state index in [0.29, 0.717) is 13.1 Å². The van der Waals surface area contributed by atoms with Gasteiger partial charge in [-0.2, -0.15) is 0 Å². The van der Waals surface area contributed by atoms with E-state index in [-0.39, 0.29) is 17.9 Å². The lowest BCUT2D eigenvalue weighted by Gasteiger charge is -2.39. The van der Waals surface area contributed by atoms with E-state index in [1.165, 1.54) is 0 Å². The lowest BCUT2D eigenvalue weighted by atomic mass is 9.95. The van der Waals surface area contributed by atoms with E-state index in [1.807, 2.05) is 28.0 Å². The fourth-order valence-electron chi connectivity index (χ4n) is 3.72. The molecule has 7 heteroatoms. The Labute approximate surface area is 160 Å². The molecule has 0 aliphatic carbocycles. The SMILES string of the molecule is CN(C)C(=O)N1CCC(C(=O)N2CCN(c3cccc(Cl)c3)CC2)CC1. The van der Waals surface area contributed by atoms with Gasteiger partial charge in [-0.05, 0) is 31.0 Å². The van der Waals surface area contributed by atoms with Crippen LogP contribution in [0.1, 0.15) is 12.8 Å². The number of carbonyl (C=O) groups excluding carboxylic acids is 2. The van der Waals surface area contributed by atoms with Crippen LogP contribution < -0.4 is 4.90 Å². The molecule has 2 saturated heterocycles. The van der Waals surface area contributed by atoms with Gasteiger partial charge in [0.15, 0.2) is 0 Å². The lowest BCUT2D eigenvalue weighted by molar-refractivity contribution is -0.137. The highest BCUT2D eigenvalue weighted by Gasteiger charge is 2.32. The molecule has 0 N–H and O–H groups in total. The first-order valence-corrected chi connectivity index (χ1v) is 9.59. The first-order chi connectivity index (χ1) is 12.5. The molecule has 0 saturated carbocycles. The Morgan fingerprint density at radius 1 is 1.00 bits per heavy atom. The van der Waals surface area contributed by atoms with Crippen molar-refractivity contribution in [2.75, 3.05) is 58.3 Å². The highest BCUT2D eigenvalue weighted by Crippen LogP contribution is 2.24. The van der Waals surface area contributed by atoms with Crippen molar-refractivity contribution in [2.45, 2.75) is 12.8 Å². The summed E-state index contributed by atoms with van der Waals surface area (Å²) in [5.41, 5.74) is 1.11. The van der Waals surface area contributed by atoms with Crippen molar-refractivity contribution in [3.05, 3.63) is 29.3 Å². The van der Waals surface area contributed by atoms with Gasteiger partial charge >= 0.3 is 6.03 Å². The van der Waals surface area contributed by atoms with Crippen molar-refractivity contribution in [1.82, 2.24) is 14.7 Å². The molecule has 2 aliphatic rings. The van der Waals surface area contributed by atoms with Crippen LogP contribution in [0.4, 0.5) is 10.5 Å². The van der Waals surface area contributed by atoms with Crippen LogP contribution in [-0.4, -0.2) is 80.0 Å². The van der Waals surface area contributed by atoms with Gasteiger partial charge in [0.1, 0.15) is 0 Å². The van der Waals surface area contributed by atoms with Crippen molar-refractivity contribution in [3.63, 3.8) is 0 Å². The molecular weight excluding hydrogens is 352 g/mol. The zero-order chi connectivity index (χ0) is 18.7. The van der Waals surface area contributed by atoms with E-state index in [2.05, 4.69) is 11.0 Å². The Balaban J connectivity index is 1.49. The van der Waals surface area contributed by atoms with Crippen LogP contribution in [0.2, 0.25) is 5.02 Å². The maximum Gasteiger partial charge on any atom is 0.319 e. The van der Waals surface area contributed by atoms with E-state index in [1.54, 1.807) is 19.0 Å². The van der Waals surface area contributed by atoms with Gasteiger partial charge in [0.2, 0.25) is 5.91 Å². The van der Waals surface area contributed by atoms with Crippen molar-refractivity contribution in [3.8, 4) is 0 Å². The minimum Gasteiger partial charge on any atom is -0.368 e. The molecule has 2 aliphatic heterocycles. The number of anilines is 1. The summed E-state index contributed by atoms with van der Waals surface area (Å²) in [7, 11) is 3.53. The molecule has 3 amide bonds. The molecule has 0 spiro atoms. The second kappa shape index (κ2) is 8.16. The largest absolute Gasteiger partial charge is 0.368 e. The van der Waals surface area contributed by atoms with Crippen LogP contribution in [0.3, 0.4) is 0 Å². The van der Waals surface area contributed by atoms with E-state index < -0.39 is 0 Å². The molecule has 3 rings (SSSR count). The minimum atomic E-state index is 0.0334. The Morgan fingerprint density at radius 2 is 1.65 bits per heavy atom. The average Bonchev–Trinajstić information content (AvgIpc) is 2.67. The molecule has 2 heterocycles. The highest BCUT2D eigenvalue weighted by molar-refractivity contribution is 6.30. The fourth-order valence-corrected chi connectivity index (χ4v) is 3.90. The summed E-state index contributed by atoms with van der Waals surface area (Å²) in [6, 6.07) is 7.89. The van der Waals surface area contributed by atoms with Crippen molar-refractivity contribution in [2.24, 2.45) is 5.92 Å². The predicted octanol–water partition coefficient (Wildman–Crippen LogP) is 2.38. The number of likely N-dealkylation sites (tertiary alicyclic amines) is 1. The third-order valence-corrected chi connectivity index (χ3v) is 5.50. The van der Waals surface area contributed by atoms with Gasteiger partial charge in [0, 0.05) is 70.0 Å². The Hall–Kier alpha value is -1.95. The maximum absolute atomic E-state index is 12.8. The maximum atomic E-state index is 12.8. The summed E-state index contributed by atoms with van der Waals surface area (Å²) in [6.07, 6.45) is 1.51. The number of hydrogen-bond donors (Lipinski definition) is 0. The zero-order valence-electron chi connectivity index (χ0n) is 15.5. The van der Waals surface area contributed by atoms with Crippen molar-refractivity contribution >= 4 is 29.2 Å². The smallest absolute Gasteiger partial charge is 0.319 e. The van der Waals surface area contributed by atoms with Gasteiger partial charge in [-0.25, -0.2) is 4.79 Å². The topological polar surface area (TPSA) is 47.1 Å². The summed E-state index contributed by atoms with van der Waals surface area (Å²) < 4.78 is 0. The molecule has 6 nitrogen and oxygen atoms in total. The average molecular weight is 379 g/mol. The van der Waals surface area contributed by atoms with Crippen LogP contribution in [0.25, 0.3) is 0 Å². The first kappa shape index (κ1) is 18.8. The van der Waals surface area contributed by atoms with Gasteiger partial charge in [0.05, 0.1) is 0 Å². The number of rotatable bonds is 2. The quantitative estimate of drug-likeness (QED) is 0.793. The van der Waals surface area contributed by atoms with Gasteiger partial charge in [-0.1, -0.05) is 17.7 Å². The number of piperazine rings is 1. The fraction of sp³-hybridized carbons (Fsp3) is 0.579. The lowest BCUT2D eigenvalue weighted by Crippen LogP contribution is -2.52. The molecule has 0 bridgehead atoms. The van der Waals surface area contributed by atoms with E-state index >= 15 is 0 Å². The molecule has 0 aromatic heterocycles. The summed E-state index contributed by atoms with van der Waals surface area (Å²) in [5.74, 6) is 0.284. The summed E-state index contributed by atoms with van der Waals surface area (Å²) >= 11 is 6.08. The molecule has 0 atom stereocenters. The van der Waals surface area contributed by atoms with Crippen molar-refractivity contribution in [1.29, 1.82) is 0 Å². The van der Waals surface area contributed by atoms with Gasteiger partial charge in [0.25, 0.3) is 0 Å². The Kier molecular flexibility index (Phi) is 5.91. The monoisotopic (exact) mass is 378 g/mol. The second-order valence-electron chi connectivity index (χ2n) is 7.23. The third kappa shape index (κ3) is 4.23. The van der Waals surface area contributed by atoms with Gasteiger partial charge in [-0.15, -0.1) is 0 Å². The van der Waals surface area contributed by atoms with E-state index in [4.69, 9.17) is 11.6 Å². The van der Waals surface area contributed by atoms with Crippen LogP contribution in [0.15, 0.2) is 24.3 Å². The first-order valence-electron chi connectivity index (χ1n) is 9.21. The summed E-state index contributed by atoms with van der Waals surface area (Å²) in [5, 5.41) is 0.736. The Morgan fingerprint density at radius 3 is 2.23 bits per heavy atom. The number of amides is 3. The number of hydrogen-bond acceptors (Lipinski definition) is 3. The normalized spacial score (nSPS) is 18.8. The molecule has 1 aromatic rings. The highest BCUT2D eigenvalue weighted by atomic mass is 35.5. The van der Waals surface area contributed by atoms with Crippen LogP contribution in [-0.2, 0) is 4.79 Å². The molecule has 2 fully saturated rings. The molecule has 1 aromatic carbocycles. The second-order valence-corrected chi connectivity index (χ2v) is 7.67. The number of benzene rings is 1. The van der Waals surface area contributed by atoms with Crippen LogP contribution in [0.5, 0.6) is 0 Å². The molecule has 142 valence electrons. The third-order valence-electron chi connectivity index (χ3n) is 5.26. The van der Waals surface area contributed by atoms with Gasteiger partial charge in [-0.3, -0.25) is 4.79 Å². The van der Waals surface area contributed by atoms with E-state index in [9.17, 15) is 9.59 Å². The number of carbonyl (C=O) groups is 2. The predicted molar refractivity (Wildman–Crippen MR) is 104 cm³/mol. The summed E-state index contributed by atoms with van der Waals surface area (Å²) in [4.78, 5) is 32.5. The minimum absolute atomic E-state index is 0.0334. The Bertz CT molecular complexity index is 651. The number of urea groups is 1. The number of nitrogens with zero attached hydrogens (tertiary/aromatic N) is 4. The zero-order valence-corrected chi connectivity index (χ0v) is 16.3. The number of halogens is 1. The molecule has 0 radical (unpaired) electrons.